The number of nitro benzene ring substituents is 1. The van der Waals surface area contributed by atoms with Crippen molar-refractivity contribution in [2.75, 3.05) is 31.6 Å². The molecule has 1 atom stereocenters. The van der Waals surface area contributed by atoms with Crippen LogP contribution in [0.15, 0.2) is 18.2 Å². The molecule has 7 heteroatoms. The van der Waals surface area contributed by atoms with Crippen molar-refractivity contribution < 1.29 is 14.8 Å². The van der Waals surface area contributed by atoms with Crippen molar-refractivity contribution in [3.8, 4) is 0 Å². The van der Waals surface area contributed by atoms with Crippen LogP contribution in [0.4, 0.5) is 11.4 Å². The summed E-state index contributed by atoms with van der Waals surface area (Å²) in [5.74, 6) is -1.07. The molecule has 2 rings (SSSR count). The Hall–Kier alpha value is -2.15. The number of likely N-dealkylation sites (N-methyl/N-ethyl adjacent to an activating group) is 1. The molecule has 114 valence electrons. The summed E-state index contributed by atoms with van der Waals surface area (Å²) in [6.07, 6.45) is 0.891. The van der Waals surface area contributed by atoms with Crippen LogP contribution < -0.4 is 4.90 Å². The highest BCUT2D eigenvalue weighted by atomic mass is 16.6. The molecule has 1 aromatic rings. The number of hydrogen-bond donors (Lipinski definition) is 1. The number of rotatable bonds is 3. The van der Waals surface area contributed by atoms with Crippen molar-refractivity contribution in [3.63, 3.8) is 0 Å². The third kappa shape index (κ3) is 3.30. The predicted octanol–water partition coefficient (Wildman–Crippen LogP) is 1.82. The number of carbonyl (C=O) groups is 1. The largest absolute Gasteiger partial charge is 0.478 e. The number of non-ortho nitro benzene ring substituents is 1. The standard InChI is InChI=1S/C14H19N3O4/c1-10-9-15(2)6-3-7-16(10)13-8-11(17(20)21)4-5-12(13)14(18)19/h4-5,8,10H,3,6-7,9H2,1-2H3,(H,18,19). The molecule has 1 unspecified atom stereocenters. The van der Waals surface area contributed by atoms with E-state index in [0.717, 1.165) is 19.5 Å². The van der Waals surface area contributed by atoms with Gasteiger partial charge in [0.1, 0.15) is 0 Å². The van der Waals surface area contributed by atoms with Gasteiger partial charge in [0.2, 0.25) is 0 Å². The van der Waals surface area contributed by atoms with E-state index in [9.17, 15) is 20.0 Å². The highest BCUT2D eigenvalue weighted by molar-refractivity contribution is 5.95. The predicted molar refractivity (Wildman–Crippen MR) is 79.0 cm³/mol. The van der Waals surface area contributed by atoms with E-state index in [0.29, 0.717) is 12.2 Å². The van der Waals surface area contributed by atoms with Crippen LogP contribution in [0.5, 0.6) is 0 Å². The molecular weight excluding hydrogens is 274 g/mol. The zero-order chi connectivity index (χ0) is 15.6. The van der Waals surface area contributed by atoms with Gasteiger partial charge in [-0.25, -0.2) is 4.79 Å². The summed E-state index contributed by atoms with van der Waals surface area (Å²) < 4.78 is 0. The van der Waals surface area contributed by atoms with E-state index in [4.69, 9.17) is 0 Å². The van der Waals surface area contributed by atoms with Gasteiger partial charge in [0, 0.05) is 31.3 Å². The van der Waals surface area contributed by atoms with E-state index in [1.165, 1.54) is 18.2 Å². The van der Waals surface area contributed by atoms with E-state index in [1.54, 1.807) is 0 Å². The topological polar surface area (TPSA) is 86.9 Å². The number of nitro groups is 1. The molecule has 0 spiro atoms. The van der Waals surface area contributed by atoms with Crippen molar-refractivity contribution in [1.29, 1.82) is 0 Å². The number of nitrogens with zero attached hydrogens (tertiary/aromatic N) is 3. The maximum Gasteiger partial charge on any atom is 0.337 e. The molecule has 1 saturated heterocycles. The highest BCUT2D eigenvalue weighted by Gasteiger charge is 2.25. The van der Waals surface area contributed by atoms with Crippen LogP contribution >= 0.6 is 0 Å². The number of benzene rings is 1. The first-order chi connectivity index (χ1) is 9.90. The maximum atomic E-state index is 11.4. The van der Waals surface area contributed by atoms with E-state index < -0.39 is 10.9 Å². The van der Waals surface area contributed by atoms with Gasteiger partial charge < -0.3 is 14.9 Å². The molecule has 21 heavy (non-hydrogen) atoms. The molecule has 1 fully saturated rings. The van der Waals surface area contributed by atoms with E-state index in [2.05, 4.69) is 4.90 Å². The smallest absolute Gasteiger partial charge is 0.337 e. The van der Waals surface area contributed by atoms with Gasteiger partial charge in [-0.1, -0.05) is 0 Å². The second kappa shape index (κ2) is 6.09. The first-order valence-electron chi connectivity index (χ1n) is 6.87. The lowest BCUT2D eigenvalue weighted by Crippen LogP contribution is -2.38. The summed E-state index contributed by atoms with van der Waals surface area (Å²) in [5, 5.41) is 20.3. The monoisotopic (exact) mass is 293 g/mol. The molecule has 1 aliphatic rings. The van der Waals surface area contributed by atoms with E-state index in [1.807, 2.05) is 18.9 Å². The third-order valence-corrected chi connectivity index (χ3v) is 3.78. The fourth-order valence-corrected chi connectivity index (χ4v) is 2.78. The van der Waals surface area contributed by atoms with Gasteiger partial charge >= 0.3 is 5.97 Å². The SMILES string of the molecule is CC1CN(C)CCCN1c1cc([N+](=O)[O-])ccc1C(=O)O. The van der Waals surface area contributed by atoms with Crippen molar-refractivity contribution in [2.24, 2.45) is 0 Å². The van der Waals surface area contributed by atoms with Gasteiger partial charge in [0.25, 0.3) is 5.69 Å². The van der Waals surface area contributed by atoms with Gasteiger partial charge in [0.05, 0.1) is 16.2 Å². The Labute approximate surface area is 122 Å². The number of hydrogen-bond acceptors (Lipinski definition) is 5. The summed E-state index contributed by atoms with van der Waals surface area (Å²) in [6.45, 7) is 4.42. The molecule has 0 saturated carbocycles. The Morgan fingerprint density at radius 2 is 2.14 bits per heavy atom. The average Bonchev–Trinajstić information content (AvgIpc) is 2.58. The summed E-state index contributed by atoms with van der Waals surface area (Å²) in [6, 6.07) is 4.02. The molecular formula is C14H19N3O4. The molecule has 1 aromatic carbocycles. The first-order valence-corrected chi connectivity index (χ1v) is 6.87. The molecule has 0 bridgehead atoms. The Morgan fingerprint density at radius 3 is 2.76 bits per heavy atom. The Kier molecular flexibility index (Phi) is 4.42. The lowest BCUT2D eigenvalue weighted by molar-refractivity contribution is -0.384. The number of aromatic carboxylic acids is 1. The molecule has 1 aliphatic heterocycles. The Balaban J connectivity index is 2.46. The van der Waals surface area contributed by atoms with Crippen LogP contribution in [0.3, 0.4) is 0 Å². The minimum Gasteiger partial charge on any atom is -0.478 e. The maximum absolute atomic E-state index is 11.4. The summed E-state index contributed by atoms with van der Waals surface area (Å²) in [4.78, 5) is 26.0. The Bertz CT molecular complexity index is 561. The molecule has 0 radical (unpaired) electrons. The quantitative estimate of drug-likeness (QED) is 0.675. The minimum absolute atomic E-state index is 0.0835. The van der Waals surface area contributed by atoms with Gasteiger partial charge in [-0.3, -0.25) is 10.1 Å². The second-order valence-electron chi connectivity index (χ2n) is 5.42. The number of anilines is 1. The first kappa shape index (κ1) is 15.2. The summed E-state index contributed by atoms with van der Waals surface area (Å²) >= 11 is 0. The number of carboxylic acid groups (broad SMARTS) is 1. The van der Waals surface area contributed by atoms with Gasteiger partial charge in [-0.15, -0.1) is 0 Å². The van der Waals surface area contributed by atoms with Gasteiger partial charge in [-0.05, 0) is 33.0 Å². The fraction of sp³-hybridized carbons (Fsp3) is 0.500. The van der Waals surface area contributed by atoms with Gasteiger partial charge in [-0.2, -0.15) is 0 Å². The van der Waals surface area contributed by atoms with Crippen molar-refractivity contribution in [3.05, 3.63) is 33.9 Å². The normalized spacial score (nSPS) is 20.1. The van der Waals surface area contributed by atoms with Crippen molar-refractivity contribution in [1.82, 2.24) is 4.90 Å². The summed E-state index contributed by atoms with van der Waals surface area (Å²) in [5.41, 5.74) is 0.455. The number of carboxylic acids is 1. The Morgan fingerprint density at radius 1 is 1.43 bits per heavy atom. The molecule has 7 nitrogen and oxygen atoms in total. The lowest BCUT2D eigenvalue weighted by atomic mass is 10.1. The van der Waals surface area contributed by atoms with Crippen LogP contribution in [-0.2, 0) is 0 Å². The van der Waals surface area contributed by atoms with E-state index in [-0.39, 0.29) is 17.3 Å². The molecule has 0 aromatic heterocycles. The van der Waals surface area contributed by atoms with E-state index >= 15 is 0 Å². The summed E-state index contributed by atoms with van der Waals surface area (Å²) in [7, 11) is 2.02. The van der Waals surface area contributed by atoms with Crippen LogP contribution in [0.2, 0.25) is 0 Å². The highest BCUT2D eigenvalue weighted by Crippen LogP contribution is 2.29. The fourth-order valence-electron chi connectivity index (χ4n) is 2.78. The molecule has 1 N–H and O–H groups in total. The zero-order valence-corrected chi connectivity index (χ0v) is 12.2. The molecule has 0 amide bonds. The van der Waals surface area contributed by atoms with Crippen molar-refractivity contribution >= 4 is 17.3 Å². The molecule has 1 heterocycles. The van der Waals surface area contributed by atoms with Crippen LogP contribution in [0.1, 0.15) is 23.7 Å². The van der Waals surface area contributed by atoms with Crippen molar-refractivity contribution in [2.45, 2.75) is 19.4 Å². The molecule has 0 aliphatic carbocycles. The third-order valence-electron chi connectivity index (χ3n) is 3.78. The minimum atomic E-state index is -1.07. The van der Waals surface area contributed by atoms with Crippen LogP contribution in [-0.4, -0.2) is 53.6 Å². The van der Waals surface area contributed by atoms with Gasteiger partial charge in [0.15, 0.2) is 0 Å². The van der Waals surface area contributed by atoms with Crippen LogP contribution in [0, 0.1) is 10.1 Å². The van der Waals surface area contributed by atoms with Crippen LogP contribution in [0.25, 0.3) is 0 Å². The second-order valence-corrected chi connectivity index (χ2v) is 5.42. The lowest BCUT2D eigenvalue weighted by Gasteiger charge is -2.31. The zero-order valence-electron chi connectivity index (χ0n) is 12.2. The average molecular weight is 293 g/mol.